The molecule has 0 amide bonds. The standard InChI is InChI=1S/C12H25NO2/c13-10-7-5-3-1-2-4-6-8-12(15)9-11-14/h4,6,12,14-15H,1-3,5,7-11,13H2/b6-4-. The predicted octanol–water partition coefficient (Wildman–Crippen LogP) is 1.59. The molecule has 0 rings (SSSR count). The van der Waals surface area contributed by atoms with Crippen LogP contribution in [0.25, 0.3) is 0 Å². The van der Waals surface area contributed by atoms with Gasteiger partial charge in [0.1, 0.15) is 0 Å². The molecule has 0 aliphatic carbocycles. The fourth-order valence-electron chi connectivity index (χ4n) is 1.40. The van der Waals surface area contributed by atoms with Crippen LogP contribution in [-0.2, 0) is 0 Å². The molecule has 0 aliphatic rings. The van der Waals surface area contributed by atoms with Gasteiger partial charge in [-0.3, -0.25) is 0 Å². The topological polar surface area (TPSA) is 66.5 Å². The summed E-state index contributed by atoms with van der Waals surface area (Å²) >= 11 is 0. The second kappa shape index (κ2) is 11.7. The molecule has 0 saturated carbocycles. The largest absolute Gasteiger partial charge is 0.396 e. The zero-order chi connectivity index (χ0) is 11.4. The third-order valence-corrected chi connectivity index (χ3v) is 2.36. The van der Waals surface area contributed by atoms with E-state index in [9.17, 15) is 5.11 Å². The number of rotatable bonds is 10. The lowest BCUT2D eigenvalue weighted by Crippen LogP contribution is -2.06. The van der Waals surface area contributed by atoms with Gasteiger partial charge in [-0.15, -0.1) is 0 Å². The highest BCUT2D eigenvalue weighted by Crippen LogP contribution is 2.04. The summed E-state index contributed by atoms with van der Waals surface area (Å²) in [5, 5.41) is 17.9. The van der Waals surface area contributed by atoms with Crippen LogP contribution in [0.15, 0.2) is 12.2 Å². The van der Waals surface area contributed by atoms with Crippen molar-refractivity contribution < 1.29 is 10.2 Å². The molecule has 0 aromatic heterocycles. The van der Waals surface area contributed by atoms with Crippen LogP contribution < -0.4 is 5.73 Å². The Morgan fingerprint density at radius 2 is 1.80 bits per heavy atom. The average molecular weight is 215 g/mol. The molecule has 90 valence electrons. The van der Waals surface area contributed by atoms with Crippen LogP contribution in [0, 0.1) is 0 Å². The lowest BCUT2D eigenvalue weighted by atomic mass is 10.1. The lowest BCUT2D eigenvalue weighted by Gasteiger charge is -2.03. The average Bonchev–Trinajstić information content (AvgIpc) is 2.22. The van der Waals surface area contributed by atoms with Gasteiger partial charge in [-0.1, -0.05) is 25.0 Å². The monoisotopic (exact) mass is 215 g/mol. The Kier molecular flexibility index (Phi) is 11.4. The van der Waals surface area contributed by atoms with Gasteiger partial charge in [-0.05, 0) is 38.6 Å². The molecule has 0 aromatic rings. The van der Waals surface area contributed by atoms with E-state index in [1.165, 1.54) is 19.3 Å². The van der Waals surface area contributed by atoms with Gasteiger partial charge < -0.3 is 15.9 Å². The van der Waals surface area contributed by atoms with Gasteiger partial charge in [0.05, 0.1) is 6.10 Å². The molecule has 0 radical (unpaired) electrons. The van der Waals surface area contributed by atoms with Gasteiger partial charge in [0, 0.05) is 6.61 Å². The van der Waals surface area contributed by atoms with Crippen molar-refractivity contribution in [3.8, 4) is 0 Å². The van der Waals surface area contributed by atoms with E-state index < -0.39 is 0 Å². The van der Waals surface area contributed by atoms with E-state index in [0.29, 0.717) is 12.8 Å². The highest BCUT2D eigenvalue weighted by atomic mass is 16.3. The number of nitrogens with two attached hydrogens (primary N) is 1. The fraction of sp³-hybridized carbons (Fsp3) is 0.833. The van der Waals surface area contributed by atoms with Crippen LogP contribution in [0.4, 0.5) is 0 Å². The van der Waals surface area contributed by atoms with E-state index in [1.54, 1.807) is 0 Å². The van der Waals surface area contributed by atoms with Crippen molar-refractivity contribution in [3.63, 3.8) is 0 Å². The molecule has 0 aliphatic heterocycles. The Morgan fingerprint density at radius 3 is 2.47 bits per heavy atom. The Labute approximate surface area is 93.0 Å². The molecule has 0 fully saturated rings. The molecule has 3 nitrogen and oxygen atoms in total. The SMILES string of the molecule is NCCCCCC/C=C\CC(O)CCO. The van der Waals surface area contributed by atoms with Crippen molar-refractivity contribution in [3.05, 3.63) is 12.2 Å². The summed E-state index contributed by atoms with van der Waals surface area (Å²) in [6.07, 6.45) is 10.7. The maximum absolute atomic E-state index is 9.30. The van der Waals surface area contributed by atoms with Crippen molar-refractivity contribution in [1.29, 1.82) is 0 Å². The first-order valence-electron chi connectivity index (χ1n) is 5.95. The molecule has 0 aromatic carbocycles. The van der Waals surface area contributed by atoms with Crippen LogP contribution in [0.1, 0.15) is 44.9 Å². The second-order valence-electron chi connectivity index (χ2n) is 3.86. The minimum atomic E-state index is -0.386. The molecular weight excluding hydrogens is 190 g/mol. The van der Waals surface area contributed by atoms with Crippen LogP contribution in [0.2, 0.25) is 0 Å². The number of hydrogen-bond donors (Lipinski definition) is 3. The molecule has 0 spiro atoms. The van der Waals surface area contributed by atoms with Crippen molar-refractivity contribution in [2.45, 2.75) is 51.0 Å². The van der Waals surface area contributed by atoms with Gasteiger partial charge in [-0.25, -0.2) is 0 Å². The molecule has 15 heavy (non-hydrogen) atoms. The smallest absolute Gasteiger partial charge is 0.0596 e. The van der Waals surface area contributed by atoms with E-state index in [4.69, 9.17) is 10.8 Å². The third kappa shape index (κ3) is 11.5. The van der Waals surface area contributed by atoms with Crippen LogP contribution in [0.3, 0.4) is 0 Å². The van der Waals surface area contributed by atoms with E-state index in [-0.39, 0.29) is 12.7 Å². The van der Waals surface area contributed by atoms with Crippen molar-refractivity contribution in [2.75, 3.05) is 13.2 Å². The molecular formula is C12H25NO2. The highest BCUT2D eigenvalue weighted by Gasteiger charge is 1.98. The number of aliphatic hydroxyl groups is 2. The van der Waals surface area contributed by atoms with Crippen LogP contribution in [0.5, 0.6) is 0 Å². The van der Waals surface area contributed by atoms with Gasteiger partial charge in [0.25, 0.3) is 0 Å². The van der Waals surface area contributed by atoms with Crippen molar-refractivity contribution in [2.24, 2.45) is 5.73 Å². The first-order chi connectivity index (χ1) is 7.31. The number of hydrogen-bond acceptors (Lipinski definition) is 3. The summed E-state index contributed by atoms with van der Waals surface area (Å²) in [5.74, 6) is 0. The Morgan fingerprint density at radius 1 is 1.07 bits per heavy atom. The van der Waals surface area contributed by atoms with Gasteiger partial charge in [0.15, 0.2) is 0 Å². The predicted molar refractivity (Wildman–Crippen MR) is 63.6 cm³/mol. The highest BCUT2D eigenvalue weighted by molar-refractivity contribution is 4.83. The molecule has 3 heteroatoms. The van der Waals surface area contributed by atoms with Gasteiger partial charge in [0.2, 0.25) is 0 Å². The van der Waals surface area contributed by atoms with Crippen molar-refractivity contribution >= 4 is 0 Å². The Bertz CT molecular complexity index is 149. The van der Waals surface area contributed by atoms with Crippen molar-refractivity contribution in [1.82, 2.24) is 0 Å². The zero-order valence-corrected chi connectivity index (χ0v) is 9.57. The van der Waals surface area contributed by atoms with E-state index in [0.717, 1.165) is 19.4 Å². The Hall–Kier alpha value is -0.380. The van der Waals surface area contributed by atoms with Gasteiger partial charge in [-0.2, -0.15) is 0 Å². The van der Waals surface area contributed by atoms with Crippen LogP contribution in [-0.4, -0.2) is 29.5 Å². The van der Waals surface area contributed by atoms with Crippen LogP contribution >= 0.6 is 0 Å². The normalized spacial score (nSPS) is 13.5. The minimum Gasteiger partial charge on any atom is -0.396 e. The van der Waals surface area contributed by atoms with E-state index in [1.807, 2.05) is 6.08 Å². The summed E-state index contributed by atoms with van der Waals surface area (Å²) < 4.78 is 0. The maximum Gasteiger partial charge on any atom is 0.0596 e. The molecule has 1 atom stereocenters. The van der Waals surface area contributed by atoms with E-state index in [2.05, 4.69) is 6.08 Å². The molecule has 1 unspecified atom stereocenters. The second-order valence-corrected chi connectivity index (χ2v) is 3.86. The van der Waals surface area contributed by atoms with E-state index >= 15 is 0 Å². The number of unbranched alkanes of at least 4 members (excludes halogenated alkanes) is 4. The Balaban J connectivity index is 3.16. The summed E-state index contributed by atoms with van der Waals surface area (Å²) in [7, 11) is 0. The maximum atomic E-state index is 9.30. The first kappa shape index (κ1) is 14.6. The summed E-state index contributed by atoms with van der Waals surface area (Å²) in [5.41, 5.74) is 5.39. The molecule has 0 bridgehead atoms. The molecule has 0 saturated heterocycles. The minimum absolute atomic E-state index is 0.0636. The quantitative estimate of drug-likeness (QED) is 0.383. The van der Waals surface area contributed by atoms with Gasteiger partial charge >= 0.3 is 0 Å². The summed E-state index contributed by atoms with van der Waals surface area (Å²) in [4.78, 5) is 0. The third-order valence-electron chi connectivity index (χ3n) is 2.36. The summed E-state index contributed by atoms with van der Waals surface area (Å²) in [6.45, 7) is 0.858. The first-order valence-corrected chi connectivity index (χ1v) is 5.95. The number of allylic oxidation sites excluding steroid dienone is 1. The molecule has 4 N–H and O–H groups in total. The molecule has 0 heterocycles. The number of aliphatic hydroxyl groups excluding tert-OH is 2. The zero-order valence-electron chi connectivity index (χ0n) is 9.57. The summed E-state index contributed by atoms with van der Waals surface area (Å²) in [6, 6.07) is 0. The fourth-order valence-corrected chi connectivity index (χ4v) is 1.40. The lowest BCUT2D eigenvalue weighted by molar-refractivity contribution is 0.135.